The average Bonchev–Trinajstić information content (AvgIpc) is 3.40. The predicted molar refractivity (Wildman–Crippen MR) is 154 cm³/mol. The number of anilines is 1. The lowest BCUT2D eigenvalue weighted by Gasteiger charge is -2.31. The van der Waals surface area contributed by atoms with Crippen LogP contribution in [0.4, 0.5) is 5.69 Å². The summed E-state index contributed by atoms with van der Waals surface area (Å²) in [6.07, 6.45) is -1.86. The van der Waals surface area contributed by atoms with E-state index < -0.39 is 54.1 Å². The summed E-state index contributed by atoms with van der Waals surface area (Å²) < 4.78 is 6.71. The molecule has 4 atom stereocenters. The standard InChI is InChI=1S/C31H30N4O7/c36-19-25-24(37)16-26(42-25)34-18-23(28(38)33-31(34)41)27(29(39)32-17-20-10-4-1-5-11-20)35(22-14-8-3-9-15-22)30(40)21-12-6-2-7-13-21/h1-15,18,24-27,36-37H,16-17,19H2,(H,32,39)(H,33,38,41)/t24-,25+,26+,27?/m0/s1. The predicted octanol–water partition coefficient (Wildman–Crippen LogP) is 1.88. The van der Waals surface area contributed by atoms with Crippen LogP contribution in [0.1, 0.15) is 40.2 Å². The molecule has 11 nitrogen and oxygen atoms in total. The smallest absolute Gasteiger partial charge is 0.330 e. The Kier molecular flexibility index (Phi) is 8.72. The fourth-order valence-electron chi connectivity index (χ4n) is 4.93. The molecule has 1 unspecified atom stereocenters. The molecule has 2 amide bonds. The number of ether oxygens (including phenoxy) is 1. The third-order valence-corrected chi connectivity index (χ3v) is 7.07. The monoisotopic (exact) mass is 570 g/mol. The SMILES string of the molecule is O=C(NCc1ccccc1)C(c1cn([C@H]2C[C@H](O)[C@@H](CO)O2)c(=O)[nH]c1=O)N(C(=O)c1ccccc1)c1ccccc1. The van der Waals surface area contributed by atoms with Crippen LogP contribution >= 0.6 is 0 Å². The van der Waals surface area contributed by atoms with Crippen LogP contribution in [0.2, 0.25) is 0 Å². The van der Waals surface area contributed by atoms with Crippen LogP contribution < -0.4 is 21.5 Å². The zero-order chi connectivity index (χ0) is 29.6. The number of rotatable bonds is 9. The van der Waals surface area contributed by atoms with Gasteiger partial charge in [0.25, 0.3) is 11.5 Å². The average molecular weight is 571 g/mol. The van der Waals surface area contributed by atoms with Crippen molar-refractivity contribution in [1.29, 1.82) is 0 Å². The van der Waals surface area contributed by atoms with Gasteiger partial charge in [0.05, 0.1) is 18.3 Å². The number of amides is 2. The Bertz CT molecular complexity index is 1640. The van der Waals surface area contributed by atoms with Crippen molar-refractivity contribution < 1.29 is 24.5 Å². The van der Waals surface area contributed by atoms with Gasteiger partial charge in [0.15, 0.2) is 0 Å². The Morgan fingerprint density at radius 2 is 1.60 bits per heavy atom. The number of nitrogens with one attached hydrogen (secondary N) is 2. The molecule has 1 fully saturated rings. The maximum absolute atomic E-state index is 14.1. The number of hydrogen-bond acceptors (Lipinski definition) is 7. The van der Waals surface area contributed by atoms with Gasteiger partial charge in [-0.3, -0.25) is 28.8 Å². The van der Waals surface area contributed by atoms with Crippen molar-refractivity contribution in [2.24, 2.45) is 0 Å². The van der Waals surface area contributed by atoms with Crippen molar-refractivity contribution in [3.63, 3.8) is 0 Å². The van der Waals surface area contributed by atoms with E-state index in [1.54, 1.807) is 60.7 Å². The second-order valence-corrected chi connectivity index (χ2v) is 9.85. The van der Waals surface area contributed by atoms with Crippen LogP contribution in [0.15, 0.2) is 107 Å². The normalized spacial score (nSPS) is 18.8. The molecule has 42 heavy (non-hydrogen) atoms. The minimum absolute atomic E-state index is 0.0349. The van der Waals surface area contributed by atoms with Gasteiger partial charge in [0.2, 0.25) is 5.91 Å². The van der Waals surface area contributed by atoms with Gasteiger partial charge in [-0.25, -0.2) is 4.79 Å². The van der Waals surface area contributed by atoms with Crippen LogP contribution in [0.25, 0.3) is 0 Å². The third kappa shape index (κ3) is 6.08. The number of hydrogen-bond donors (Lipinski definition) is 4. The number of nitrogens with zero attached hydrogens (tertiary/aromatic N) is 2. The summed E-state index contributed by atoms with van der Waals surface area (Å²) in [5.41, 5.74) is -0.471. The topological polar surface area (TPSA) is 154 Å². The van der Waals surface area contributed by atoms with E-state index in [-0.39, 0.29) is 24.1 Å². The Morgan fingerprint density at radius 1 is 0.976 bits per heavy atom. The van der Waals surface area contributed by atoms with E-state index in [4.69, 9.17) is 4.74 Å². The maximum atomic E-state index is 14.1. The van der Waals surface area contributed by atoms with Crippen LogP contribution in [0.3, 0.4) is 0 Å². The van der Waals surface area contributed by atoms with Gasteiger partial charge in [0, 0.05) is 30.4 Å². The van der Waals surface area contributed by atoms with Gasteiger partial charge in [0.1, 0.15) is 18.4 Å². The first-order valence-corrected chi connectivity index (χ1v) is 13.4. The van der Waals surface area contributed by atoms with Crippen molar-refractivity contribution in [3.05, 3.63) is 135 Å². The molecule has 3 aromatic carbocycles. The molecular formula is C31H30N4O7. The molecule has 0 saturated carbocycles. The first-order chi connectivity index (χ1) is 20.4. The highest BCUT2D eigenvalue weighted by molar-refractivity contribution is 6.10. The molecule has 0 bridgehead atoms. The number of carbonyl (C=O) groups is 2. The molecule has 216 valence electrons. The molecule has 11 heteroatoms. The molecule has 0 spiro atoms. The maximum Gasteiger partial charge on any atom is 0.330 e. The molecule has 4 N–H and O–H groups in total. The summed E-state index contributed by atoms with van der Waals surface area (Å²) in [6, 6.07) is 24.4. The number of carbonyl (C=O) groups excluding carboxylic acids is 2. The van der Waals surface area contributed by atoms with Crippen molar-refractivity contribution in [2.45, 2.75) is 37.4 Å². The molecule has 1 aliphatic rings. The molecule has 2 heterocycles. The molecular weight excluding hydrogens is 540 g/mol. The summed E-state index contributed by atoms with van der Waals surface area (Å²) in [5, 5.41) is 22.6. The summed E-state index contributed by atoms with van der Waals surface area (Å²) >= 11 is 0. The van der Waals surface area contributed by atoms with E-state index in [2.05, 4.69) is 10.3 Å². The van der Waals surface area contributed by atoms with E-state index in [9.17, 15) is 29.4 Å². The zero-order valence-corrected chi connectivity index (χ0v) is 22.5. The Hall–Kier alpha value is -4.84. The Morgan fingerprint density at radius 3 is 2.21 bits per heavy atom. The number of benzene rings is 3. The fourth-order valence-corrected chi connectivity index (χ4v) is 4.93. The molecule has 0 radical (unpaired) electrons. The van der Waals surface area contributed by atoms with E-state index >= 15 is 0 Å². The second kappa shape index (κ2) is 12.8. The number of aliphatic hydroxyl groups excluding tert-OH is 2. The molecule has 1 saturated heterocycles. The van der Waals surface area contributed by atoms with Gasteiger partial charge >= 0.3 is 5.69 Å². The van der Waals surface area contributed by atoms with E-state index in [1.165, 1.54) is 11.1 Å². The summed E-state index contributed by atoms with van der Waals surface area (Å²) in [5.74, 6) is -1.21. The van der Waals surface area contributed by atoms with Crippen LogP contribution in [-0.2, 0) is 16.1 Å². The minimum atomic E-state index is -1.51. The highest BCUT2D eigenvalue weighted by Crippen LogP contribution is 2.31. The number of aromatic amines is 1. The van der Waals surface area contributed by atoms with Gasteiger partial charge in [-0.1, -0.05) is 66.7 Å². The van der Waals surface area contributed by atoms with E-state index in [1.807, 2.05) is 30.3 Å². The van der Waals surface area contributed by atoms with Crippen molar-refractivity contribution in [3.8, 4) is 0 Å². The highest BCUT2D eigenvalue weighted by atomic mass is 16.5. The van der Waals surface area contributed by atoms with Crippen LogP contribution in [0, 0.1) is 0 Å². The largest absolute Gasteiger partial charge is 0.394 e. The summed E-state index contributed by atoms with van der Waals surface area (Å²) in [4.78, 5) is 57.8. The minimum Gasteiger partial charge on any atom is -0.394 e. The van der Waals surface area contributed by atoms with Crippen molar-refractivity contribution in [2.75, 3.05) is 11.5 Å². The third-order valence-electron chi connectivity index (χ3n) is 7.07. The fraction of sp³-hybridized carbons (Fsp3) is 0.226. The first kappa shape index (κ1) is 28.7. The molecule has 5 rings (SSSR count). The highest BCUT2D eigenvalue weighted by Gasteiger charge is 2.38. The lowest BCUT2D eigenvalue weighted by Crippen LogP contribution is -2.47. The van der Waals surface area contributed by atoms with Crippen molar-refractivity contribution in [1.82, 2.24) is 14.9 Å². The number of para-hydroxylation sites is 1. The second-order valence-electron chi connectivity index (χ2n) is 9.85. The number of H-pyrrole nitrogens is 1. The van der Waals surface area contributed by atoms with Gasteiger partial charge in [-0.05, 0) is 29.8 Å². The van der Waals surface area contributed by atoms with E-state index in [0.717, 1.165) is 10.1 Å². The number of aromatic nitrogens is 2. The van der Waals surface area contributed by atoms with Gasteiger partial charge < -0.3 is 20.3 Å². The number of aliphatic hydroxyl groups is 2. The molecule has 0 aliphatic carbocycles. The zero-order valence-electron chi connectivity index (χ0n) is 22.5. The summed E-state index contributed by atoms with van der Waals surface area (Å²) in [7, 11) is 0. The molecule has 4 aromatic rings. The lowest BCUT2D eigenvalue weighted by atomic mass is 10.0. The Balaban J connectivity index is 1.64. The van der Waals surface area contributed by atoms with Crippen LogP contribution in [0.5, 0.6) is 0 Å². The molecule has 1 aromatic heterocycles. The first-order valence-electron chi connectivity index (χ1n) is 13.4. The Labute approximate surface area is 240 Å². The van der Waals surface area contributed by atoms with E-state index in [0.29, 0.717) is 5.69 Å². The van der Waals surface area contributed by atoms with Gasteiger partial charge in [-0.2, -0.15) is 0 Å². The van der Waals surface area contributed by atoms with Crippen molar-refractivity contribution >= 4 is 17.5 Å². The van der Waals surface area contributed by atoms with Gasteiger partial charge in [-0.15, -0.1) is 0 Å². The quantitative estimate of drug-likeness (QED) is 0.240. The molecule has 1 aliphatic heterocycles. The summed E-state index contributed by atoms with van der Waals surface area (Å²) in [6.45, 7) is -0.355. The van der Waals surface area contributed by atoms with Crippen LogP contribution in [-0.4, -0.2) is 50.4 Å². The lowest BCUT2D eigenvalue weighted by molar-refractivity contribution is -0.122.